The van der Waals surface area contributed by atoms with E-state index in [0.29, 0.717) is 38.2 Å². The minimum atomic E-state index is -1.34. The van der Waals surface area contributed by atoms with Crippen molar-refractivity contribution in [1.82, 2.24) is 9.88 Å². The molecule has 1 aromatic heterocycles. The van der Waals surface area contributed by atoms with E-state index >= 15 is 0 Å². The number of aryl methyl sites for hydroxylation is 1. The molecular weight excluding hydrogens is 372 g/mol. The lowest BCUT2D eigenvalue weighted by Gasteiger charge is -2.31. The van der Waals surface area contributed by atoms with Crippen LogP contribution in [0.3, 0.4) is 0 Å². The van der Waals surface area contributed by atoms with Gasteiger partial charge in [-0.1, -0.05) is 11.6 Å². The van der Waals surface area contributed by atoms with E-state index in [4.69, 9.17) is 11.6 Å². The number of benzene rings is 1. The number of aromatic carboxylic acids is 1. The Morgan fingerprint density at radius 1 is 1.40 bits per heavy atom. The summed E-state index contributed by atoms with van der Waals surface area (Å²) < 4.78 is 16.2. The Bertz CT molecular complexity index is 879. The molecule has 2 heterocycles. The van der Waals surface area contributed by atoms with Crippen LogP contribution in [-0.2, 0) is 6.54 Å². The zero-order chi connectivity index (χ0) is 17.4. The van der Waals surface area contributed by atoms with Crippen LogP contribution in [0.25, 0.3) is 10.9 Å². The molecule has 0 amide bonds. The van der Waals surface area contributed by atoms with Crippen LogP contribution in [0.5, 0.6) is 0 Å². The summed E-state index contributed by atoms with van der Waals surface area (Å²) in [6.07, 6.45) is 1.26. The third-order valence-corrected chi connectivity index (χ3v) is 4.59. The number of fused-ring (bicyclic) bond motifs is 1. The number of pyridine rings is 1. The summed E-state index contributed by atoms with van der Waals surface area (Å²) in [5, 5.41) is 12.5. The van der Waals surface area contributed by atoms with Crippen molar-refractivity contribution in [1.29, 1.82) is 0 Å². The minimum Gasteiger partial charge on any atom is -0.477 e. The van der Waals surface area contributed by atoms with Crippen LogP contribution >= 0.6 is 24.0 Å². The summed E-state index contributed by atoms with van der Waals surface area (Å²) in [7, 11) is 0. The van der Waals surface area contributed by atoms with Crippen LogP contribution in [0.1, 0.15) is 17.3 Å². The van der Waals surface area contributed by atoms with Crippen LogP contribution in [0, 0.1) is 5.82 Å². The van der Waals surface area contributed by atoms with Gasteiger partial charge in [0, 0.05) is 38.9 Å². The first-order valence-electron chi connectivity index (χ1n) is 7.69. The number of carboxylic acids is 1. The third-order valence-electron chi connectivity index (χ3n) is 4.23. The fraction of sp³-hybridized carbons (Fsp3) is 0.375. The molecule has 2 N–H and O–H groups in total. The van der Waals surface area contributed by atoms with Gasteiger partial charge in [-0.15, -0.1) is 12.4 Å². The molecule has 1 aromatic carbocycles. The summed E-state index contributed by atoms with van der Waals surface area (Å²) in [6, 6.07) is 1.10. The lowest BCUT2D eigenvalue weighted by atomic mass is 10.1. The Morgan fingerprint density at radius 3 is 2.60 bits per heavy atom. The van der Waals surface area contributed by atoms with Crippen LogP contribution in [-0.4, -0.2) is 41.8 Å². The molecule has 0 atom stereocenters. The van der Waals surface area contributed by atoms with Gasteiger partial charge in [-0.2, -0.15) is 0 Å². The number of nitrogens with one attached hydrogen (secondary N) is 1. The van der Waals surface area contributed by atoms with E-state index in [-0.39, 0.29) is 28.5 Å². The zero-order valence-electron chi connectivity index (χ0n) is 13.5. The molecule has 1 aliphatic heterocycles. The minimum absolute atomic E-state index is 0. The molecule has 0 aliphatic carbocycles. The second kappa shape index (κ2) is 7.59. The van der Waals surface area contributed by atoms with Gasteiger partial charge in [0.1, 0.15) is 11.4 Å². The first kappa shape index (κ1) is 19.5. The standard InChI is InChI=1S/C16H17ClFN3O3.ClH/c1-2-20-8-10(16(23)24)15(22)9-7-11(18)14(12(17)13(9)20)21-5-3-19-4-6-21;/h7-8,19H,2-6H2,1H3,(H,23,24);1H. The first-order chi connectivity index (χ1) is 11.5. The molecule has 0 radical (unpaired) electrons. The van der Waals surface area contributed by atoms with E-state index in [2.05, 4.69) is 5.32 Å². The van der Waals surface area contributed by atoms with Crippen LogP contribution in [0.4, 0.5) is 10.1 Å². The maximum absolute atomic E-state index is 14.7. The predicted octanol–water partition coefficient (Wildman–Crippen LogP) is 2.34. The van der Waals surface area contributed by atoms with E-state index in [9.17, 15) is 19.1 Å². The third kappa shape index (κ3) is 3.31. The fourth-order valence-electron chi connectivity index (χ4n) is 3.06. The van der Waals surface area contributed by atoms with E-state index in [1.54, 1.807) is 11.5 Å². The molecule has 1 saturated heterocycles. The molecule has 0 saturated carbocycles. The van der Waals surface area contributed by atoms with Crippen molar-refractivity contribution in [2.24, 2.45) is 0 Å². The lowest BCUT2D eigenvalue weighted by molar-refractivity contribution is 0.0695. The number of carbonyl (C=O) groups is 1. The number of halogens is 3. The molecule has 0 spiro atoms. The summed E-state index contributed by atoms with van der Waals surface area (Å²) in [5.41, 5.74) is -0.496. The summed E-state index contributed by atoms with van der Waals surface area (Å²) >= 11 is 6.46. The van der Waals surface area contributed by atoms with Crippen LogP contribution in [0.15, 0.2) is 17.1 Å². The second-order valence-corrected chi connectivity index (χ2v) is 6.00. The number of nitrogens with zero attached hydrogens (tertiary/aromatic N) is 2. The summed E-state index contributed by atoms with van der Waals surface area (Å²) in [5.74, 6) is -1.96. The smallest absolute Gasteiger partial charge is 0.341 e. The van der Waals surface area contributed by atoms with Gasteiger partial charge in [0.05, 0.1) is 21.6 Å². The number of aromatic nitrogens is 1. The van der Waals surface area contributed by atoms with Crippen molar-refractivity contribution in [3.63, 3.8) is 0 Å². The topological polar surface area (TPSA) is 74.6 Å². The molecule has 0 bridgehead atoms. The monoisotopic (exact) mass is 389 g/mol. The SMILES string of the molecule is CCn1cc(C(=O)O)c(=O)c2cc(F)c(N3CCNCC3)c(Cl)c21.Cl. The van der Waals surface area contributed by atoms with E-state index in [1.165, 1.54) is 6.20 Å². The highest BCUT2D eigenvalue weighted by Gasteiger charge is 2.24. The molecular formula is C16H18Cl2FN3O3. The Hall–Kier alpha value is -1.83. The molecule has 9 heteroatoms. The second-order valence-electron chi connectivity index (χ2n) is 5.62. The summed E-state index contributed by atoms with van der Waals surface area (Å²) in [6.45, 7) is 4.85. The van der Waals surface area contributed by atoms with Gasteiger partial charge in [0.25, 0.3) is 0 Å². The molecule has 1 fully saturated rings. The van der Waals surface area contributed by atoms with E-state index in [0.717, 1.165) is 6.07 Å². The van der Waals surface area contributed by atoms with Gasteiger partial charge in [-0.25, -0.2) is 9.18 Å². The number of hydrogen-bond donors (Lipinski definition) is 2. The number of hydrogen-bond acceptors (Lipinski definition) is 4. The predicted molar refractivity (Wildman–Crippen MR) is 98.1 cm³/mol. The Kier molecular flexibility index (Phi) is 5.92. The highest BCUT2D eigenvalue weighted by Crippen LogP contribution is 2.35. The lowest BCUT2D eigenvalue weighted by Crippen LogP contribution is -2.44. The quantitative estimate of drug-likeness (QED) is 0.842. The van der Waals surface area contributed by atoms with E-state index in [1.807, 2.05) is 4.90 Å². The van der Waals surface area contributed by atoms with Gasteiger partial charge in [-0.05, 0) is 13.0 Å². The average Bonchev–Trinajstić information content (AvgIpc) is 2.56. The van der Waals surface area contributed by atoms with Crippen molar-refractivity contribution in [2.45, 2.75) is 13.5 Å². The van der Waals surface area contributed by atoms with Gasteiger partial charge in [0.2, 0.25) is 5.43 Å². The number of piperazine rings is 1. The highest BCUT2D eigenvalue weighted by atomic mass is 35.5. The van der Waals surface area contributed by atoms with Gasteiger partial charge >= 0.3 is 5.97 Å². The van der Waals surface area contributed by atoms with E-state index < -0.39 is 22.8 Å². The molecule has 3 rings (SSSR count). The van der Waals surface area contributed by atoms with Crippen molar-refractivity contribution >= 4 is 46.6 Å². The molecule has 0 unspecified atom stereocenters. The van der Waals surface area contributed by atoms with Crippen LogP contribution in [0.2, 0.25) is 5.02 Å². The van der Waals surface area contributed by atoms with Gasteiger partial charge in [-0.3, -0.25) is 4.79 Å². The fourth-order valence-corrected chi connectivity index (χ4v) is 3.48. The number of rotatable bonds is 3. The van der Waals surface area contributed by atoms with Crippen molar-refractivity contribution < 1.29 is 14.3 Å². The number of carboxylic acid groups (broad SMARTS) is 1. The van der Waals surface area contributed by atoms with Gasteiger partial charge < -0.3 is 19.9 Å². The average molecular weight is 390 g/mol. The Balaban J connectivity index is 0.00000225. The maximum Gasteiger partial charge on any atom is 0.341 e. The summed E-state index contributed by atoms with van der Waals surface area (Å²) in [4.78, 5) is 25.5. The molecule has 6 nitrogen and oxygen atoms in total. The molecule has 25 heavy (non-hydrogen) atoms. The number of anilines is 1. The Morgan fingerprint density at radius 2 is 2.04 bits per heavy atom. The molecule has 2 aromatic rings. The normalized spacial score (nSPS) is 14.4. The first-order valence-corrected chi connectivity index (χ1v) is 8.07. The largest absolute Gasteiger partial charge is 0.477 e. The van der Waals surface area contributed by atoms with Crippen molar-refractivity contribution in [3.05, 3.63) is 38.9 Å². The van der Waals surface area contributed by atoms with Crippen molar-refractivity contribution in [3.8, 4) is 0 Å². The van der Waals surface area contributed by atoms with Crippen LogP contribution < -0.4 is 15.6 Å². The Labute approximate surface area is 154 Å². The zero-order valence-corrected chi connectivity index (χ0v) is 15.1. The maximum atomic E-state index is 14.7. The van der Waals surface area contributed by atoms with Crippen molar-refractivity contribution in [2.75, 3.05) is 31.1 Å². The molecule has 1 aliphatic rings. The molecule has 136 valence electrons. The van der Waals surface area contributed by atoms with Gasteiger partial charge in [0.15, 0.2) is 0 Å². The highest BCUT2D eigenvalue weighted by molar-refractivity contribution is 6.38.